The molecule has 7 heteroatoms. The van der Waals surface area contributed by atoms with Gasteiger partial charge in [-0.3, -0.25) is 4.79 Å². The third-order valence-corrected chi connectivity index (χ3v) is 5.23. The second-order valence-electron chi connectivity index (χ2n) is 6.82. The van der Waals surface area contributed by atoms with E-state index in [2.05, 4.69) is 21.4 Å². The molecule has 4 rings (SSSR count). The van der Waals surface area contributed by atoms with Crippen molar-refractivity contribution < 1.29 is 13.9 Å². The Hall–Kier alpha value is -2.54. The number of carbonyl (C=O) groups is 1. The molecule has 0 spiro atoms. The fraction of sp³-hybridized carbons (Fsp3) is 0.421. The van der Waals surface area contributed by atoms with Crippen LogP contribution >= 0.6 is 0 Å². The molecule has 136 valence electrons. The summed E-state index contributed by atoms with van der Waals surface area (Å²) >= 11 is 0. The second kappa shape index (κ2) is 6.64. The third kappa shape index (κ3) is 3.14. The van der Waals surface area contributed by atoms with Crippen LogP contribution in [-0.2, 0) is 16.0 Å². The lowest BCUT2D eigenvalue weighted by molar-refractivity contribution is -0.134. The topological polar surface area (TPSA) is 67.3 Å². The minimum absolute atomic E-state index is 0.0770. The number of carbonyl (C=O) groups excluding carboxylic acids is 1. The first-order valence-corrected chi connectivity index (χ1v) is 8.78. The molecule has 1 aromatic carbocycles. The number of rotatable bonds is 4. The maximum Gasteiger partial charge on any atom is 0.252 e. The first-order valence-electron chi connectivity index (χ1n) is 8.78. The smallest absolute Gasteiger partial charge is 0.252 e. The van der Waals surface area contributed by atoms with Gasteiger partial charge in [-0.05, 0) is 30.4 Å². The average molecular weight is 356 g/mol. The van der Waals surface area contributed by atoms with Crippen molar-refractivity contribution in [2.75, 3.05) is 25.1 Å². The molecular formula is C19H21FN4O2. The highest BCUT2D eigenvalue weighted by atomic mass is 19.1. The summed E-state index contributed by atoms with van der Waals surface area (Å²) in [6, 6.07) is 7.92. The average Bonchev–Trinajstić information content (AvgIpc) is 3.47. The van der Waals surface area contributed by atoms with Gasteiger partial charge in [0.1, 0.15) is 11.4 Å². The van der Waals surface area contributed by atoms with E-state index in [1.54, 1.807) is 7.11 Å². The Labute approximate surface area is 151 Å². The number of methoxy groups -OCH3 is 1. The number of benzene rings is 1. The van der Waals surface area contributed by atoms with Crippen LogP contribution in [0.5, 0.6) is 0 Å². The Bertz CT molecular complexity index is 807. The molecule has 1 aliphatic carbocycles. The lowest BCUT2D eigenvalue weighted by Crippen LogP contribution is -2.43. The number of halogens is 1. The maximum atomic E-state index is 13.1. The van der Waals surface area contributed by atoms with Gasteiger partial charge in [-0.2, -0.15) is 4.39 Å². The molecule has 1 N–H and O–H groups in total. The van der Waals surface area contributed by atoms with E-state index in [0.29, 0.717) is 12.4 Å². The quantitative estimate of drug-likeness (QED) is 0.908. The number of anilines is 1. The molecule has 0 bridgehead atoms. The van der Waals surface area contributed by atoms with Gasteiger partial charge >= 0.3 is 0 Å². The van der Waals surface area contributed by atoms with E-state index in [-0.39, 0.29) is 11.9 Å². The van der Waals surface area contributed by atoms with Crippen LogP contribution in [-0.4, -0.2) is 41.7 Å². The van der Waals surface area contributed by atoms with Crippen molar-refractivity contribution >= 4 is 11.7 Å². The van der Waals surface area contributed by atoms with Crippen molar-refractivity contribution in [1.29, 1.82) is 0 Å². The van der Waals surface area contributed by atoms with Crippen LogP contribution in [0, 0.1) is 5.95 Å². The third-order valence-electron chi connectivity index (χ3n) is 5.23. The molecule has 1 aliphatic heterocycles. The monoisotopic (exact) mass is 356 g/mol. The Balaban J connectivity index is 1.61. The number of aromatic nitrogens is 2. The lowest BCUT2D eigenvalue weighted by atomic mass is 9.99. The van der Waals surface area contributed by atoms with Crippen LogP contribution in [0.3, 0.4) is 0 Å². The van der Waals surface area contributed by atoms with E-state index < -0.39 is 11.5 Å². The minimum atomic E-state index is -0.679. The number of hydrogen-bond donors (Lipinski definition) is 1. The normalized spacial score (nSPS) is 20.8. The van der Waals surface area contributed by atoms with E-state index in [1.807, 2.05) is 23.1 Å². The predicted molar refractivity (Wildman–Crippen MR) is 94.2 cm³/mol. The van der Waals surface area contributed by atoms with E-state index in [9.17, 15) is 9.18 Å². The standard InChI is InChI=1S/C19H21FN4O2/c1-26-19(7-8-19)18(25)23-15-12-24(17-11-21-16(20)10-22-17)9-6-13-4-2-3-5-14(13)15/h2-5,10-11,15H,6-9,12H2,1H3,(H,23,25). The van der Waals surface area contributed by atoms with Gasteiger partial charge in [0.05, 0.1) is 18.4 Å². The van der Waals surface area contributed by atoms with Crippen molar-refractivity contribution in [3.05, 3.63) is 53.7 Å². The first-order chi connectivity index (χ1) is 12.6. The Morgan fingerprint density at radius 3 is 2.81 bits per heavy atom. The van der Waals surface area contributed by atoms with Crippen molar-refractivity contribution in [2.45, 2.75) is 30.9 Å². The summed E-state index contributed by atoms with van der Waals surface area (Å²) in [6.45, 7) is 1.27. The summed E-state index contributed by atoms with van der Waals surface area (Å²) in [5.74, 6) is -0.0781. The van der Waals surface area contributed by atoms with Crippen molar-refractivity contribution in [3.63, 3.8) is 0 Å². The molecule has 2 aliphatic rings. The molecule has 1 atom stereocenters. The van der Waals surface area contributed by atoms with E-state index >= 15 is 0 Å². The summed E-state index contributed by atoms with van der Waals surface area (Å²) in [5.41, 5.74) is 1.62. The maximum absolute atomic E-state index is 13.1. The summed E-state index contributed by atoms with van der Waals surface area (Å²) in [6.07, 6.45) is 4.86. The minimum Gasteiger partial charge on any atom is -0.368 e. The highest BCUT2D eigenvalue weighted by Gasteiger charge is 2.51. The molecule has 1 saturated carbocycles. The zero-order chi connectivity index (χ0) is 18.1. The van der Waals surface area contributed by atoms with Gasteiger partial charge in [-0.25, -0.2) is 9.97 Å². The van der Waals surface area contributed by atoms with Crippen LogP contribution in [0.2, 0.25) is 0 Å². The molecule has 1 amide bonds. The van der Waals surface area contributed by atoms with E-state index in [4.69, 9.17) is 4.74 Å². The van der Waals surface area contributed by atoms with Gasteiger partial charge in [-0.15, -0.1) is 0 Å². The molecule has 0 saturated heterocycles. The fourth-order valence-electron chi connectivity index (χ4n) is 3.49. The number of fused-ring (bicyclic) bond motifs is 1. The number of ether oxygens (including phenoxy) is 1. The summed E-state index contributed by atoms with van der Waals surface area (Å²) < 4.78 is 18.5. The number of hydrogen-bond acceptors (Lipinski definition) is 5. The molecule has 1 fully saturated rings. The van der Waals surface area contributed by atoms with Crippen molar-refractivity contribution in [2.24, 2.45) is 0 Å². The molecular weight excluding hydrogens is 335 g/mol. The number of amides is 1. The number of nitrogens with one attached hydrogen (secondary N) is 1. The molecule has 6 nitrogen and oxygen atoms in total. The van der Waals surface area contributed by atoms with Crippen LogP contribution in [0.1, 0.15) is 30.0 Å². The van der Waals surface area contributed by atoms with Crippen LogP contribution < -0.4 is 10.2 Å². The van der Waals surface area contributed by atoms with Gasteiger partial charge in [0, 0.05) is 20.2 Å². The van der Waals surface area contributed by atoms with E-state index in [0.717, 1.165) is 37.6 Å². The van der Waals surface area contributed by atoms with Crippen molar-refractivity contribution in [1.82, 2.24) is 15.3 Å². The summed E-state index contributed by atoms with van der Waals surface area (Å²) in [7, 11) is 1.58. The van der Waals surface area contributed by atoms with Gasteiger partial charge in [-0.1, -0.05) is 24.3 Å². The molecule has 1 aromatic heterocycles. The van der Waals surface area contributed by atoms with Gasteiger partial charge in [0.25, 0.3) is 5.91 Å². The van der Waals surface area contributed by atoms with Gasteiger partial charge < -0.3 is 15.0 Å². The Morgan fingerprint density at radius 2 is 2.12 bits per heavy atom. The Kier molecular flexibility index (Phi) is 4.32. The predicted octanol–water partition coefficient (Wildman–Crippen LogP) is 2.01. The van der Waals surface area contributed by atoms with Gasteiger partial charge in [0.2, 0.25) is 5.95 Å². The van der Waals surface area contributed by atoms with Crippen molar-refractivity contribution in [3.8, 4) is 0 Å². The molecule has 26 heavy (non-hydrogen) atoms. The van der Waals surface area contributed by atoms with Crippen LogP contribution in [0.25, 0.3) is 0 Å². The SMILES string of the molecule is COC1(C(=O)NC2CN(c3cnc(F)cn3)CCc3ccccc32)CC1. The lowest BCUT2D eigenvalue weighted by Gasteiger charge is -2.27. The summed E-state index contributed by atoms with van der Waals surface area (Å²) in [5, 5.41) is 3.15. The summed E-state index contributed by atoms with van der Waals surface area (Å²) in [4.78, 5) is 22.6. The highest BCUT2D eigenvalue weighted by Crippen LogP contribution is 2.40. The number of nitrogens with zero attached hydrogens (tertiary/aromatic N) is 3. The first kappa shape index (κ1) is 16.9. The zero-order valence-electron chi connectivity index (χ0n) is 14.6. The largest absolute Gasteiger partial charge is 0.368 e. The zero-order valence-corrected chi connectivity index (χ0v) is 14.6. The molecule has 1 unspecified atom stereocenters. The molecule has 2 aromatic rings. The Morgan fingerprint density at radius 1 is 1.31 bits per heavy atom. The highest BCUT2D eigenvalue weighted by molar-refractivity contribution is 5.88. The van der Waals surface area contributed by atoms with Gasteiger partial charge in [0.15, 0.2) is 0 Å². The van der Waals surface area contributed by atoms with Crippen LogP contribution in [0.4, 0.5) is 10.2 Å². The second-order valence-corrected chi connectivity index (χ2v) is 6.82. The fourth-order valence-corrected chi connectivity index (χ4v) is 3.49. The molecule has 0 radical (unpaired) electrons. The molecule has 2 heterocycles. The van der Waals surface area contributed by atoms with Crippen LogP contribution in [0.15, 0.2) is 36.7 Å². The van der Waals surface area contributed by atoms with E-state index in [1.165, 1.54) is 11.8 Å².